The fraction of sp³-hybridized carbons (Fsp3) is 0.733. The Bertz CT molecular complexity index is 481. The van der Waals surface area contributed by atoms with Crippen LogP contribution in [0.5, 0.6) is 0 Å². The highest BCUT2D eigenvalue weighted by molar-refractivity contribution is 5.59. The lowest BCUT2D eigenvalue weighted by Crippen LogP contribution is -2.34. The molecule has 0 aliphatic carbocycles. The molecule has 2 N–H and O–H groups in total. The van der Waals surface area contributed by atoms with E-state index in [0.717, 1.165) is 42.4 Å². The number of anilines is 2. The zero-order valence-corrected chi connectivity index (χ0v) is 13.2. The van der Waals surface area contributed by atoms with Gasteiger partial charge in [0.2, 0.25) is 0 Å². The number of aromatic nitrogens is 2. The summed E-state index contributed by atoms with van der Waals surface area (Å²) in [7, 11) is 1.89. The summed E-state index contributed by atoms with van der Waals surface area (Å²) in [6, 6.07) is 0.182. The second-order valence-electron chi connectivity index (χ2n) is 6.52. The van der Waals surface area contributed by atoms with E-state index in [-0.39, 0.29) is 18.1 Å². The van der Waals surface area contributed by atoms with Crippen molar-refractivity contribution in [1.29, 1.82) is 0 Å². The van der Waals surface area contributed by atoms with Gasteiger partial charge in [0.15, 0.2) is 0 Å². The third kappa shape index (κ3) is 2.73. The van der Waals surface area contributed by atoms with Gasteiger partial charge in [0.05, 0.1) is 12.6 Å². The van der Waals surface area contributed by atoms with Gasteiger partial charge in [-0.25, -0.2) is 9.97 Å². The maximum atomic E-state index is 9.54. The minimum atomic E-state index is -0.0948. The first kappa shape index (κ1) is 15.0. The molecule has 0 saturated carbocycles. The predicted molar refractivity (Wildman–Crippen MR) is 82.5 cm³/mol. The first-order valence-corrected chi connectivity index (χ1v) is 7.33. The van der Waals surface area contributed by atoms with Gasteiger partial charge in [-0.15, -0.1) is 0 Å². The van der Waals surface area contributed by atoms with Crippen molar-refractivity contribution in [2.24, 2.45) is 0 Å². The van der Waals surface area contributed by atoms with E-state index in [4.69, 9.17) is 4.98 Å². The average molecular weight is 278 g/mol. The molecule has 1 aliphatic rings. The van der Waals surface area contributed by atoms with Crippen molar-refractivity contribution in [3.8, 4) is 0 Å². The van der Waals surface area contributed by atoms with Crippen LogP contribution in [0.2, 0.25) is 0 Å². The maximum Gasteiger partial charge on any atom is 0.138 e. The number of hydrogen-bond acceptors (Lipinski definition) is 5. The normalized spacial score (nSPS) is 19.5. The molecule has 1 aliphatic heterocycles. The molecular weight excluding hydrogens is 252 g/mol. The molecule has 5 heteroatoms. The van der Waals surface area contributed by atoms with Crippen molar-refractivity contribution in [2.45, 2.75) is 52.0 Å². The van der Waals surface area contributed by atoms with E-state index in [2.05, 4.69) is 36.0 Å². The number of nitrogens with one attached hydrogen (secondary N) is 1. The minimum absolute atomic E-state index is 0.0948. The largest absolute Gasteiger partial charge is 0.394 e. The summed E-state index contributed by atoms with van der Waals surface area (Å²) in [5.74, 6) is 2.68. The Labute approximate surface area is 121 Å². The standard InChI is InChI=1S/C15H26N4O/c1-10-12(16-5)17-14(15(2,3)4)18-13(10)19-8-6-7-11(19)9-20/h11,20H,6-9H2,1-5H3,(H,16,17,18). The lowest BCUT2D eigenvalue weighted by atomic mass is 9.95. The van der Waals surface area contributed by atoms with Crippen molar-refractivity contribution in [3.63, 3.8) is 0 Å². The molecule has 1 saturated heterocycles. The van der Waals surface area contributed by atoms with Crippen LogP contribution in [-0.4, -0.2) is 41.3 Å². The van der Waals surface area contributed by atoms with Gasteiger partial charge in [-0.1, -0.05) is 20.8 Å². The monoisotopic (exact) mass is 278 g/mol. The van der Waals surface area contributed by atoms with E-state index >= 15 is 0 Å². The van der Waals surface area contributed by atoms with Gasteiger partial charge in [-0.05, 0) is 19.8 Å². The van der Waals surface area contributed by atoms with Crippen LogP contribution in [0.3, 0.4) is 0 Å². The first-order valence-electron chi connectivity index (χ1n) is 7.33. The lowest BCUT2D eigenvalue weighted by Gasteiger charge is -2.28. The highest BCUT2D eigenvalue weighted by Crippen LogP contribution is 2.32. The first-order chi connectivity index (χ1) is 9.38. The van der Waals surface area contributed by atoms with Crippen LogP contribution in [0.1, 0.15) is 45.0 Å². The summed E-state index contributed by atoms with van der Waals surface area (Å²) in [4.78, 5) is 11.7. The van der Waals surface area contributed by atoms with Crippen LogP contribution in [0.25, 0.3) is 0 Å². The Morgan fingerprint density at radius 2 is 2.05 bits per heavy atom. The summed E-state index contributed by atoms with van der Waals surface area (Å²) < 4.78 is 0. The number of rotatable bonds is 3. The molecule has 0 radical (unpaired) electrons. The van der Waals surface area contributed by atoms with E-state index < -0.39 is 0 Å². The van der Waals surface area contributed by atoms with Crippen LogP contribution in [0, 0.1) is 6.92 Å². The topological polar surface area (TPSA) is 61.3 Å². The van der Waals surface area contributed by atoms with Crippen LogP contribution < -0.4 is 10.2 Å². The maximum absolute atomic E-state index is 9.54. The molecule has 0 aromatic carbocycles. The molecule has 1 aromatic rings. The van der Waals surface area contributed by atoms with Gasteiger partial charge in [-0.2, -0.15) is 0 Å². The second-order valence-corrected chi connectivity index (χ2v) is 6.52. The SMILES string of the molecule is CNc1nc(C(C)(C)C)nc(N2CCCC2CO)c1C. The summed E-state index contributed by atoms with van der Waals surface area (Å²) in [5.41, 5.74) is 0.962. The second kappa shape index (κ2) is 5.56. The molecule has 2 heterocycles. The highest BCUT2D eigenvalue weighted by atomic mass is 16.3. The van der Waals surface area contributed by atoms with E-state index in [1.54, 1.807) is 0 Å². The van der Waals surface area contributed by atoms with Crippen LogP contribution in [-0.2, 0) is 5.41 Å². The smallest absolute Gasteiger partial charge is 0.138 e. The molecule has 112 valence electrons. The molecule has 1 aromatic heterocycles. The number of aliphatic hydroxyl groups excluding tert-OH is 1. The summed E-state index contributed by atoms with van der Waals surface area (Å²) in [5, 5.41) is 12.7. The third-order valence-electron chi connectivity index (χ3n) is 3.89. The van der Waals surface area contributed by atoms with E-state index in [1.165, 1.54) is 0 Å². The molecule has 1 fully saturated rings. The van der Waals surface area contributed by atoms with Gasteiger partial charge in [0, 0.05) is 24.6 Å². The van der Waals surface area contributed by atoms with Crippen LogP contribution >= 0.6 is 0 Å². The molecule has 1 unspecified atom stereocenters. The van der Waals surface area contributed by atoms with Crippen molar-refractivity contribution in [2.75, 3.05) is 30.4 Å². The van der Waals surface area contributed by atoms with Gasteiger partial charge in [-0.3, -0.25) is 0 Å². The Morgan fingerprint density at radius 3 is 2.60 bits per heavy atom. The van der Waals surface area contributed by atoms with Gasteiger partial charge in [0.1, 0.15) is 17.5 Å². The van der Waals surface area contributed by atoms with Gasteiger partial charge in [0.25, 0.3) is 0 Å². The Hall–Kier alpha value is -1.36. The van der Waals surface area contributed by atoms with Crippen molar-refractivity contribution < 1.29 is 5.11 Å². The molecular formula is C15H26N4O. The molecule has 2 rings (SSSR count). The number of hydrogen-bond donors (Lipinski definition) is 2. The Morgan fingerprint density at radius 1 is 1.35 bits per heavy atom. The van der Waals surface area contributed by atoms with E-state index in [9.17, 15) is 5.11 Å². The highest BCUT2D eigenvalue weighted by Gasteiger charge is 2.29. The zero-order chi connectivity index (χ0) is 14.9. The molecule has 0 spiro atoms. The van der Waals surface area contributed by atoms with Crippen LogP contribution in [0.15, 0.2) is 0 Å². The summed E-state index contributed by atoms with van der Waals surface area (Å²) in [6.45, 7) is 9.54. The summed E-state index contributed by atoms with van der Waals surface area (Å²) >= 11 is 0. The average Bonchev–Trinajstić information content (AvgIpc) is 2.85. The molecule has 5 nitrogen and oxygen atoms in total. The quantitative estimate of drug-likeness (QED) is 0.886. The minimum Gasteiger partial charge on any atom is -0.394 e. The predicted octanol–water partition coefficient (Wildman–Crippen LogP) is 2.09. The molecule has 1 atom stereocenters. The van der Waals surface area contributed by atoms with Crippen molar-refractivity contribution in [1.82, 2.24) is 9.97 Å². The third-order valence-corrected chi connectivity index (χ3v) is 3.89. The summed E-state index contributed by atoms with van der Waals surface area (Å²) in [6.07, 6.45) is 2.13. The molecule has 0 amide bonds. The lowest BCUT2D eigenvalue weighted by molar-refractivity contribution is 0.266. The van der Waals surface area contributed by atoms with Gasteiger partial charge >= 0.3 is 0 Å². The molecule has 0 bridgehead atoms. The zero-order valence-electron chi connectivity index (χ0n) is 13.2. The van der Waals surface area contributed by atoms with Crippen molar-refractivity contribution >= 4 is 11.6 Å². The van der Waals surface area contributed by atoms with Crippen molar-refractivity contribution in [3.05, 3.63) is 11.4 Å². The van der Waals surface area contributed by atoms with Gasteiger partial charge < -0.3 is 15.3 Å². The fourth-order valence-electron chi connectivity index (χ4n) is 2.67. The van der Waals surface area contributed by atoms with Crippen LogP contribution in [0.4, 0.5) is 11.6 Å². The van der Waals surface area contributed by atoms with E-state index in [1.807, 2.05) is 14.0 Å². The Kier molecular flexibility index (Phi) is 4.18. The Balaban J connectivity index is 2.51. The molecule has 20 heavy (non-hydrogen) atoms. The number of nitrogens with zero attached hydrogens (tertiary/aromatic N) is 3. The fourth-order valence-corrected chi connectivity index (χ4v) is 2.67. The number of aliphatic hydroxyl groups is 1. The van der Waals surface area contributed by atoms with E-state index in [0.29, 0.717) is 0 Å².